The van der Waals surface area contributed by atoms with Gasteiger partial charge in [-0.15, -0.1) is 0 Å². The number of hydrogen-bond donors (Lipinski definition) is 2. The molecule has 0 bridgehead atoms. The van der Waals surface area contributed by atoms with Gasteiger partial charge in [-0.25, -0.2) is 0 Å². The number of nitrogens with zero attached hydrogens (tertiary/aromatic N) is 1. The Morgan fingerprint density at radius 1 is 1.35 bits per heavy atom. The van der Waals surface area contributed by atoms with E-state index in [0.717, 1.165) is 25.3 Å². The summed E-state index contributed by atoms with van der Waals surface area (Å²) >= 11 is 0. The van der Waals surface area contributed by atoms with Gasteiger partial charge in [-0.2, -0.15) is 0 Å². The van der Waals surface area contributed by atoms with E-state index in [1.165, 1.54) is 32.1 Å². The van der Waals surface area contributed by atoms with Gasteiger partial charge >= 0.3 is 0 Å². The first kappa shape index (κ1) is 15.6. The van der Waals surface area contributed by atoms with Gasteiger partial charge in [-0.3, -0.25) is 4.98 Å². The molecule has 1 aliphatic heterocycles. The molecular weight excluding hydrogens is 288 g/mol. The highest BCUT2D eigenvalue weighted by atomic mass is 16.5. The van der Waals surface area contributed by atoms with Crippen molar-refractivity contribution in [2.75, 3.05) is 19.8 Å². The minimum atomic E-state index is 0.216. The minimum Gasteiger partial charge on any atom is -0.396 e. The zero-order chi connectivity index (χ0) is 15.7. The Morgan fingerprint density at radius 3 is 2.96 bits per heavy atom. The van der Waals surface area contributed by atoms with E-state index in [1.54, 1.807) is 0 Å². The first-order valence-electron chi connectivity index (χ1n) is 9.19. The molecule has 4 unspecified atom stereocenters. The topological polar surface area (TPSA) is 54.4 Å². The molecule has 4 atom stereocenters. The Kier molecular flexibility index (Phi) is 4.39. The molecule has 2 heterocycles. The lowest BCUT2D eigenvalue weighted by molar-refractivity contribution is -0.131. The molecule has 1 aromatic rings. The predicted octanol–water partition coefficient (Wildman–Crippen LogP) is 2.17. The summed E-state index contributed by atoms with van der Waals surface area (Å²) in [5.74, 6) is 0.937. The van der Waals surface area contributed by atoms with Gasteiger partial charge in [-0.05, 0) is 43.7 Å². The van der Waals surface area contributed by atoms with Crippen molar-refractivity contribution < 1.29 is 9.84 Å². The summed E-state index contributed by atoms with van der Waals surface area (Å²) in [5, 5.41) is 13.6. The summed E-state index contributed by atoms with van der Waals surface area (Å²) in [7, 11) is 0. The first-order valence-corrected chi connectivity index (χ1v) is 9.19. The highest BCUT2D eigenvalue weighted by Crippen LogP contribution is 2.60. The average Bonchev–Trinajstić information content (AvgIpc) is 3.23. The molecule has 3 fully saturated rings. The molecule has 2 aliphatic carbocycles. The van der Waals surface area contributed by atoms with Crippen molar-refractivity contribution in [2.45, 2.75) is 50.7 Å². The zero-order valence-corrected chi connectivity index (χ0v) is 13.8. The Hall–Kier alpha value is -0.970. The number of hydrogen-bond acceptors (Lipinski definition) is 4. The number of aliphatic hydroxyl groups excluding tert-OH is 1. The molecule has 0 amide bonds. The van der Waals surface area contributed by atoms with Gasteiger partial charge in [0, 0.05) is 49.0 Å². The van der Waals surface area contributed by atoms with E-state index in [9.17, 15) is 5.11 Å². The van der Waals surface area contributed by atoms with Crippen LogP contribution in [0.5, 0.6) is 0 Å². The largest absolute Gasteiger partial charge is 0.396 e. The second kappa shape index (κ2) is 6.50. The highest BCUT2D eigenvalue weighted by molar-refractivity contribution is 5.16. The lowest BCUT2D eigenvalue weighted by atomic mass is 9.54. The summed E-state index contributed by atoms with van der Waals surface area (Å²) < 4.78 is 6.05. The van der Waals surface area contributed by atoms with E-state index in [-0.39, 0.29) is 12.5 Å². The second-order valence-corrected chi connectivity index (χ2v) is 7.64. The fourth-order valence-electron chi connectivity index (χ4n) is 5.32. The monoisotopic (exact) mass is 316 g/mol. The Labute approximate surface area is 138 Å². The third-order valence-electron chi connectivity index (χ3n) is 6.39. The fraction of sp³-hybridized carbons (Fsp3) is 0.737. The van der Waals surface area contributed by atoms with Crippen LogP contribution in [0.2, 0.25) is 0 Å². The van der Waals surface area contributed by atoms with Gasteiger partial charge in [-0.1, -0.05) is 18.9 Å². The van der Waals surface area contributed by atoms with E-state index >= 15 is 0 Å². The van der Waals surface area contributed by atoms with Crippen molar-refractivity contribution >= 4 is 0 Å². The van der Waals surface area contributed by atoms with Crippen molar-refractivity contribution in [1.82, 2.24) is 10.3 Å². The van der Waals surface area contributed by atoms with E-state index in [1.807, 2.05) is 24.4 Å². The summed E-state index contributed by atoms with van der Waals surface area (Å²) in [4.78, 5) is 4.39. The van der Waals surface area contributed by atoms with Crippen LogP contribution in [0.1, 0.15) is 37.8 Å². The molecular formula is C19H28N2O2. The molecule has 0 radical (unpaired) electrons. The molecule has 126 valence electrons. The summed E-state index contributed by atoms with van der Waals surface area (Å²) in [5.41, 5.74) is 1.46. The molecule has 0 aromatic carbocycles. The standard InChI is InChI=1S/C19H28N2O2/c22-13-14(11-15-5-1-4-9-20-15)12-21-17-16-6-10-23-18(16)19(17)7-2-3-8-19/h1,4-5,9,14,16-18,21-22H,2-3,6-8,10-13H2. The van der Waals surface area contributed by atoms with Crippen LogP contribution in [0.4, 0.5) is 0 Å². The number of aromatic nitrogens is 1. The van der Waals surface area contributed by atoms with Crippen LogP contribution in [0.3, 0.4) is 0 Å². The molecule has 1 saturated heterocycles. The molecule has 4 rings (SSSR count). The average molecular weight is 316 g/mol. The maximum atomic E-state index is 9.74. The third kappa shape index (κ3) is 2.71. The van der Waals surface area contributed by atoms with Gasteiger partial charge in [0.15, 0.2) is 0 Å². The highest BCUT2D eigenvalue weighted by Gasteiger charge is 2.64. The molecule has 1 spiro atoms. The zero-order valence-electron chi connectivity index (χ0n) is 13.8. The molecule has 4 nitrogen and oxygen atoms in total. The van der Waals surface area contributed by atoms with E-state index in [2.05, 4.69) is 10.3 Å². The predicted molar refractivity (Wildman–Crippen MR) is 89.1 cm³/mol. The van der Waals surface area contributed by atoms with Gasteiger partial charge in [0.1, 0.15) is 0 Å². The number of fused-ring (bicyclic) bond motifs is 2. The smallest absolute Gasteiger partial charge is 0.0690 e. The summed E-state index contributed by atoms with van der Waals surface area (Å²) in [6, 6.07) is 6.60. The van der Waals surface area contributed by atoms with Crippen molar-refractivity contribution in [2.24, 2.45) is 17.3 Å². The number of pyridine rings is 1. The van der Waals surface area contributed by atoms with Crippen LogP contribution in [0.25, 0.3) is 0 Å². The van der Waals surface area contributed by atoms with Crippen molar-refractivity contribution in [3.63, 3.8) is 0 Å². The van der Waals surface area contributed by atoms with Crippen LogP contribution in [0.15, 0.2) is 24.4 Å². The minimum absolute atomic E-state index is 0.216. The lowest BCUT2D eigenvalue weighted by Crippen LogP contribution is -2.67. The molecule has 4 heteroatoms. The van der Waals surface area contributed by atoms with Gasteiger partial charge < -0.3 is 15.2 Å². The first-order chi connectivity index (χ1) is 11.3. The maximum Gasteiger partial charge on any atom is 0.0690 e. The molecule has 1 aromatic heterocycles. The number of aliphatic hydroxyl groups is 1. The fourth-order valence-corrected chi connectivity index (χ4v) is 5.32. The molecule has 2 N–H and O–H groups in total. The van der Waals surface area contributed by atoms with Crippen molar-refractivity contribution in [1.29, 1.82) is 0 Å². The van der Waals surface area contributed by atoms with Crippen LogP contribution in [-0.4, -0.2) is 42.0 Å². The second-order valence-electron chi connectivity index (χ2n) is 7.64. The SMILES string of the molecule is OCC(CNC1C2CCOC2C12CCCC2)Cc1ccccn1. The summed E-state index contributed by atoms with van der Waals surface area (Å²) in [6.45, 7) is 2.03. The van der Waals surface area contributed by atoms with Crippen LogP contribution >= 0.6 is 0 Å². The summed E-state index contributed by atoms with van der Waals surface area (Å²) in [6.07, 6.45) is 9.71. The van der Waals surface area contributed by atoms with Gasteiger partial charge in [0.05, 0.1) is 6.10 Å². The van der Waals surface area contributed by atoms with Crippen molar-refractivity contribution in [3.8, 4) is 0 Å². The third-order valence-corrected chi connectivity index (χ3v) is 6.39. The van der Waals surface area contributed by atoms with Crippen LogP contribution in [-0.2, 0) is 11.2 Å². The van der Waals surface area contributed by atoms with E-state index in [0.29, 0.717) is 23.5 Å². The number of nitrogens with one attached hydrogen (secondary N) is 1. The molecule has 23 heavy (non-hydrogen) atoms. The van der Waals surface area contributed by atoms with Gasteiger partial charge in [0.2, 0.25) is 0 Å². The Balaban J connectivity index is 1.37. The molecule has 2 saturated carbocycles. The Bertz CT molecular complexity index is 515. The Morgan fingerprint density at radius 2 is 2.22 bits per heavy atom. The quantitative estimate of drug-likeness (QED) is 0.844. The molecule has 3 aliphatic rings. The van der Waals surface area contributed by atoms with Crippen LogP contribution < -0.4 is 5.32 Å². The number of rotatable bonds is 6. The lowest BCUT2D eigenvalue weighted by Gasteiger charge is -2.57. The van der Waals surface area contributed by atoms with Crippen LogP contribution in [0, 0.1) is 17.3 Å². The number of ether oxygens (including phenoxy) is 1. The van der Waals surface area contributed by atoms with Crippen molar-refractivity contribution in [3.05, 3.63) is 30.1 Å². The van der Waals surface area contributed by atoms with E-state index in [4.69, 9.17) is 4.74 Å². The van der Waals surface area contributed by atoms with E-state index < -0.39 is 0 Å². The normalized spacial score (nSPS) is 32.7. The van der Waals surface area contributed by atoms with Gasteiger partial charge in [0.25, 0.3) is 0 Å². The maximum absolute atomic E-state index is 9.74.